The van der Waals surface area contributed by atoms with Crippen molar-refractivity contribution in [3.05, 3.63) is 36.0 Å². The molecule has 2 aromatic rings. The molecular formula is C11H13N5O2. The number of anilines is 1. The van der Waals surface area contributed by atoms with E-state index in [-0.39, 0.29) is 5.56 Å². The summed E-state index contributed by atoms with van der Waals surface area (Å²) in [4.78, 5) is 15.0. The third-order valence-corrected chi connectivity index (χ3v) is 2.48. The Morgan fingerprint density at radius 3 is 3.06 bits per heavy atom. The number of carbonyl (C=O) groups is 1. The summed E-state index contributed by atoms with van der Waals surface area (Å²) >= 11 is 0. The molecule has 2 N–H and O–H groups in total. The third-order valence-electron chi connectivity index (χ3n) is 2.48. The Bertz CT molecular complexity index is 552. The zero-order chi connectivity index (χ0) is 13.0. The SMILES string of the molecule is Cn1cnnc1CCNc1ncccc1C(=O)O. The van der Waals surface area contributed by atoms with Crippen molar-refractivity contribution in [1.29, 1.82) is 0 Å². The average molecular weight is 247 g/mol. The fraction of sp³-hybridized carbons (Fsp3) is 0.273. The van der Waals surface area contributed by atoms with E-state index in [0.717, 1.165) is 5.82 Å². The number of pyridine rings is 1. The summed E-state index contributed by atoms with van der Waals surface area (Å²) < 4.78 is 1.82. The number of aromatic carboxylic acids is 1. The molecule has 0 spiro atoms. The van der Waals surface area contributed by atoms with E-state index >= 15 is 0 Å². The molecule has 0 aliphatic carbocycles. The summed E-state index contributed by atoms with van der Waals surface area (Å²) in [6.07, 6.45) is 3.82. The van der Waals surface area contributed by atoms with E-state index in [1.807, 2.05) is 11.6 Å². The van der Waals surface area contributed by atoms with E-state index in [1.165, 1.54) is 6.07 Å². The first-order valence-electron chi connectivity index (χ1n) is 5.43. The van der Waals surface area contributed by atoms with Gasteiger partial charge in [-0.1, -0.05) is 0 Å². The predicted octanol–water partition coefficient (Wildman–Crippen LogP) is 0.563. The van der Waals surface area contributed by atoms with E-state index in [1.54, 1.807) is 18.6 Å². The molecule has 7 heteroatoms. The van der Waals surface area contributed by atoms with Gasteiger partial charge in [-0.2, -0.15) is 0 Å². The van der Waals surface area contributed by atoms with E-state index in [2.05, 4.69) is 20.5 Å². The van der Waals surface area contributed by atoms with Crippen LogP contribution in [0.3, 0.4) is 0 Å². The molecule has 0 atom stereocenters. The van der Waals surface area contributed by atoms with Crippen LogP contribution in [-0.4, -0.2) is 37.4 Å². The van der Waals surface area contributed by atoms with Crippen molar-refractivity contribution in [3.63, 3.8) is 0 Å². The van der Waals surface area contributed by atoms with Crippen LogP contribution in [0.15, 0.2) is 24.7 Å². The predicted molar refractivity (Wildman–Crippen MR) is 64.4 cm³/mol. The second-order valence-corrected chi connectivity index (χ2v) is 3.74. The van der Waals surface area contributed by atoms with Gasteiger partial charge >= 0.3 is 5.97 Å². The Morgan fingerprint density at radius 1 is 1.56 bits per heavy atom. The highest BCUT2D eigenvalue weighted by Crippen LogP contribution is 2.10. The Balaban J connectivity index is 1.99. The zero-order valence-corrected chi connectivity index (χ0v) is 9.87. The fourth-order valence-corrected chi connectivity index (χ4v) is 1.54. The maximum atomic E-state index is 11.0. The van der Waals surface area contributed by atoms with Gasteiger partial charge in [-0.3, -0.25) is 0 Å². The second-order valence-electron chi connectivity index (χ2n) is 3.74. The highest BCUT2D eigenvalue weighted by molar-refractivity contribution is 5.92. The first-order chi connectivity index (χ1) is 8.68. The van der Waals surface area contributed by atoms with Gasteiger partial charge < -0.3 is 15.0 Å². The van der Waals surface area contributed by atoms with Crippen molar-refractivity contribution in [2.24, 2.45) is 7.05 Å². The zero-order valence-electron chi connectivity index (χ0n) is 9.87. The summed E-state index contributed by atoms with van der Waals surface area (Å²) in [6, 6.07) is 3.11. The van der Waals surface area contributed by atoms with E-state index in [9.17, 15) is 4.79 Å². The van der Waals surface area contributed by atoms with Gasteiger partial charge in [-0.05, 0) is 12.1 Å². The summed E-state index contributed by atoms with van der Waals surface area (Å²) in [7, 11) is 1.86. The molecule has 94 valence electrons. The van der Waals surface area contributed by atoms with Crippen molar-refractivity contribution in [1.82, 2.24) is 19.7 Å². The normalized spacial score (nSPS) is 10.3. The molecule has 0 aromatic carbocycles. The molecule has 0 saturated carbocycles. The molecule has 2 aromatic heterocycles. The molecule has 0 aliphatic heterocycles. The Kier molecular flexibility index (Phi) is 3.52. The molecular weight excluding hydrogens is 234 g/mol. The van der Waals surface area contributed by atoms with Gasteiger partial charge in [0.1, 0.15) is 23.5 Å². The van der Waals surface area contributed by atoms with Gasteiger partial charge in [-0.25, -0.2) is 9.78 Å². The summed E-state index contributed by atoms with van der Waals surface area (Å²) in [6.45, 7) is 0.545. The number of carboxylic acid groups (broad SMARTS) is 1. The lowest BCUT2D eigenvalue weighted by Gasteiger charge is -2.07. The molecule has 2 heterocycles. The van der Waals surface area contributed by atoms with Crippen LogP contribution in [0, 0.1) is 0 Å². The van der Waals surface area contributed by atoms with Gasteiger partial charge in [0.05, 0.1) is 0 Å². The number of nitrogens with zero attached hydrogens (tertiary/aromatic N) is 4. The van der Waals surface area contributed by atoms with Crippen LogP contribution < -0.4 is 5.32 Å². The molecule has 2 rings (SSSR count). The van der Waals surface area contributed by atoms with Crippen molar-refractivity contribution < 1.29 is 9.90 Å². The first-order valence-corrected chi connectivity index (χ1v) is 5.43. The first kappa shape index (κ1) is 12.0. The van der Waals surface area contributed by atoms with Crippen LogP contribution in [0.2, 0.25) is 0 Å². The average Bonchev–Trinajstić information content (AvgIpc) is 2.76. The fourth-order valence-electron chi connectivity index (χ4n) is 1.54. The number of aromatic nitrogens is 4. The third kappa shape index (κ3) is 2.62. The van der Waals surface area contributed by atoms with E-state index in [0.29, 0.717) is 18.8 Å². The summed E-state index contributed by atoms with van der Waals surface area (Å²) in [5.41, 5.74) is 0.162. The molecule has 7 nitrogen and oxygen atoms in total. The van der Waals surface area contributed by atoms with Gasteiger partial charge in [0, 0.05) is 26.2 Å². The van der Waals surface area contributed by atoms with Gasteiger partial charge in [0.15, 0.2) is 0 Å². The Morgan fingerprint density at radius 2 is 2.39 bits per heavy atom. The second kappa shape index (κ2) is 5.26. The smallest absolute Gasteiger partial charge is 0.339 e. The molecule has 0 unspecified atom stereocenters. The number of hydrogen-bond donors (Lipinski definition) is 2. The number of aryl methyl sites for hydroxylation is 1. The highest BCUT2D eigenvalue weighted by atomic mass is 16.4. The standard InChI is InChI=1S/C11H13N5O2/c1-16-7-14-15-9(16)4-6-13-10-8(11(17)18)3-2-5-12-10/h2-3,5,7H,4,6H2,1H3,(H,12,13)(H,17,18). The number of hydrogen-bond acceptors (Lipinski definition) is 5. The van der Waals surface area contributed by atoms with Crippen LogP contribution in [-0.2, 0) is 13.5 Å². The minimum absolute atomic E-state index is 0.162. The van der Waals surface area contributed by atoms with Crippen LogP contribution in [0.5, 0.6) is 0 Å². The number of nitrogens with one attached hydrogen (secondary N) is 1. The van der Waals surface area contributed by atoms with Gasteiger partial charge in [0.25, 0.3) is 0 Å². The maximum Gasteiger partial charge on any atom is 0.339 e. The van der Waals surface area contributed by atoms with Gasteiger partial charge in [0.2, 0.25) is 0 Å². The van der Waals surface area contributed by atoms with Crippen molar-refractivity contribution in [2.45, 2.75) is 6.42 Å². The summed E-state index contributed by atoms with van der Waals surface area (Å²) in [5.74, 6) is 0.201. The van der Waals surface area contributed by atoms with Crippen LogP contribution in [0.25, 0.3) is 0 Å². The van der Waals surface area contributed by atoms with Crippen LogP contribution in [0.1, 0.15) is 16.2 Å². The largest absolute Gasteiger partial charge is 0.478 e. The topological polar surface area (TPSA) is 92.9 Å². The number of carboxylic acids is 1. The lowest BCUT2D eigenvalue weighted by molar-refractivity contribution is 0.0697. The lowest BCUT2D eigenvalue weighted by Crippen LogP contribution is -2.12. The van der Waals surface area contributed by atoms with Crippen LogP contribution >= 0.6 is 0 Å². The highest BCUT2D eigenvalue weighted by Gasteiger charge is 2.10. The molecule has 0 saturated heterocycles. The monoisotopic (exact) mass is 247 g/mol. The van der Waals surface area contributed by atoms with Crippen molar-refractivity contribution in [3.8, 4) is 0 Å². The van der Waals surface area contributed by atoms with Crippen LogP contribution in [0.4, 0.5) is 5.82 Å². The van der Waals surface area contributed by atoms with Crippen molar-refractivity contribution >= 4 is 11.8 Å². The number of rotatable bonds is 5. The quantitative estimate of drug-likeness (QED) is 0.802. The summed E-state index contributed by atoms with van der Waals surface area (Å²) in [5, 5.41) is 19.7. The maximum absolute atomic E-state index is 11.0. The molecule has 0 aliphatic rings. The molecule has 0 amide bonds. The molecule has 0 radical (unpaired) electrons. The Labute approximate surface area is 104 Å². The Hall–Kier alpha value is -2.44. The van der Waals surface area contributed by atoms with Crippen molar-refractivity contribution in [2.75, 3.05) is 11.9 Å². The minimum atomic E-state index is -0.996. The molecule has 0 bridgehead atoms. The lowest BCUT2D eigenvalue weighted by atomic mass is 10.2. The molecule has 18 heavy (non-hydrogen) atoms. The van der Waals surface area contributed by atoms with Gasteiger partial charge in [-0.15, -0.1) is 10.2 Å². The minimum Gasteiger partial charge on any atom is -0.478 e. The van der Waals surface area contributed by atoms with E-state index < -0.39 is 5.97 Å². The molecule has 0 fully saturated rings. The van der Waals surface area contributed by atoms with E-state index in [4.69, 9.17) is 5.11 Å².